The van der Waals surface area contributed by atoms with Crippen LogP contribution in [0.3, 0.4) is 0 Å². The molecule has 1 fully saturated rings. The van der Waals surface area contributed by atoms with Crippen molar-refractivity contribution in [2.75, 3.05) is 39.9 Å². The Morgan fingerprint density at radius 1 is 0.900 bits per heavy atom. The standard InChI is InChI=1S/C21H21F3N2O4/c1-29-16-5-2-3-6-17(16)30-13-18(27)25-9-4-10-26(12-11-25)21(28)14-7-8-15(22)20(24)19(14)23/h2-3,5-8H,4,9-13H2,1H3. The number of rotatable bonds is 5. The van der Waals surface area contributed by atoms with Gasteiger partial charge in [-0.15, -0.1) is 0 Å². The quantitative estimate of drug-likeness (QED) is 0.696. The normalized spacial score (nSPS) is 14.3. The van der Waals surface area contributed by atoms with Gasteiger partial charge in [-0.1, -0.05) is 12.1 Å². The fraction of sp³-hybridized carbons (Fsp3) is 0.333. The maximum absolute atomic E-state index is 13.9. The van der Waals surface area contributed by atoms with Crippen molar-refractivity contribution in [2.24, 2.45) is 0 Å². The number of methoxy groups -OCH3 is 1. The summed E-state index contributed by atoms with van der Waals surface area (Å²) in [5.74, 6) is -4.62. The molecule has 2 aromatic carbocycles. The summed E-state index contributed by atoms with van der Waals surface area (Å²) in [5, 5.41) is 0. The molecule has 3 rings (SSSR count). The predicted octanol–water partition coefficient (Wildman–Crippen LogP) is 2.87. The lowest BCUT2D eigenvalue weighted by atomic mass is 10.1. The van der Waals surface area contributed by atoms with Crippen LogP contribution in [0.25, 0.3) is 0 Å². The summed E-state index contributed by atoms with van der Waals surface area (Å²) in [4.78, 5) is 27.9. The molecule has 0 spiro atoms. The van der Waals surface area contributed by atoms with E-state index in [0.717, 1.165) is 6.07 Å². The Morgan fingerprint density at radius 3 is 2.30 bits per heavy atom. The lowest BCUT2D eigenvalue weighted by Crippen LogP contribution is -2.39. The zero-order chi connectivity index (χ0) is 21.7. The van der Waals surface area contributed by atoms with Crippen LogP contribution >= 0.6 is 0 Å². The second kappa shape index (κ2) is 9.51. The third-order valence-corrected chi connectivity index (χ3v) is 4.82. The smallest absolute Gasteiger partial charge is 0.260 e. The van der Waals surface area contributed by atoms with Gasteiger partial charge in [0, 0.05) is 26.2 Å². The molecule has 0 aliphatic carbocycles. The lowest BCUT2D eigenvalue weighted by molar-refractivity contribution is -0.133. The number of amides is 2. The highest BCUT2D eigenvalue weighted by Crippen LogP contribution is 2.25. The molecular formula is C21H21F3N2O4. The molecule has 0 unspecified atom stereocenters. The van der Waals surface area contributed by atoms with Crippen LogP contribution in [0.15, 0.2) is 36.4 Å². The fourth-order valence-corrected chi connectivity index (χ4v) is 3.20. The van der Waals surface area contributed by atoms with Gasteiger partial charge in [0.15, 0.2) is 35.6 Å². The van der Waals surface area contributed by atoms with Crippen LogP contribution in [0.5, 0.6) is 11.5 Å². The van der Waals surface area contributed by atoms with Gasteiger partial charge >= 0.3 is 0 Å². The molecule has 160 valence electrons. The average molecular weight is 422 g/mol. The van der Waals surface area contributed by atoms with E-state index in [-0.39, 0.29) is 32.1 Å². The Labute approximate surface area is 171 Å². The van der Waals surface area contributed by atoms with Gasteiger partial charge < -0.3 is 19.3 Å². The number of carbonyl (C=O) groups is 2. The minimum atomic E-state index is -1.68. The summed E-state index contributed by atoms with van der Waals surface area (Å²) in [7, 11) is 1.50. The van der Waals surface area contributed by atoms with Gasteiger partial charge in [0.05, 0.1) is 12.7 Å². The molecule has 1 aliphatic rings. The van der Waals surface area contributed by atoms with E-state index in [1.165, 1.54) is 12.0 Å². The van der Waals surface area contributed by atoms with Crippen LogP contribution in [0.1, 0.15) is 16.8 Å². The zero-order valence-corrected chi connectivity index (χ0v) is 16.4. The van der Waals surface area contributed by atoms with Crippen LogP contribution < -0.4 is 9.47 Å². The van der Waals surface area contributed by atoms with Crippen LogP contribution in [0.2, 0.25) is 0 Å². The summed E-state index contributed by atoms with van der Waals surface area (Å²) in [5.41, 5.74) is -0.534. The highest BCUT2D eigenvalue weighted by molar-refractivity contribution is 5.94. The lowest BCUT2D eigenvalue weighted by Gasteiger charge is -2.22. The minimum absolute atomic E-state index is 0.137. The first kappa shape index (κ1) is 21.5. The SMILES string of the molecule is COc1ccccc1OCC(=O)N1CCCN(C(=O)c2ccc(F)c(F)c2F)CC1. The number of ether oxygens (including phenoxy) is 2. The molecule has 2 amide bonds. The first-order chi connectivity index (χ1) is 14.4. The van der Waals surface area contributed by atoms with Gasteiger partial charge in [0.1, 0.15) is 0 Å². The second-order valence-corrected chi connectivity index (χ2v) is 6.69. The summed E-state index contributed by atoms with van der Waals surface area (Å²) in [6.07, 6.45) is 0.456. The third kappa shape index (κ3) is 4.67. The minimum Gasteiger partial charge on any atom is -0.493 e. The third-order valence-electron chi connectivity index (χ3n) is 4.82. The number of benzene rings is 2. The molecule has 0 bridgehead atoms. The van der Waals surface area contributed by atoms with Crippen molar-refractivity contribution in [1.82, 2.24) is 9.80 Å². The molecule has 30 heavy (non-hydrogen) atoms. The second-order valence-electron chi connectivity index (χ2n) is 6.69. The molecule has 1 heterocycles. The van der Waals surface area contributed by atoms with Crippen molar-refractivity contribution in [1.29, 1.82) is 0 Å². The maximum Gasteiger partial charge on any atom is 0.260 e. The van der Waals surface area contributed by atoms with E-state index in [4.69, 9.17) is 9.47 Å². The van der Waals surface area contributed by atoms with Gasteiger partial charge in [-0.25, -0.2) is 13.2 Å². The van der Waals surface area contributed by atoms with E-state index in [1.54, 1.807) is 29.2 Å². The summed E-state index contributed by atoms with van der Waals surface area (Å²) in [6, 6.07) is 8.58. The molecule has 0 N–H and O–H groups in total. The first-order valence-electron chi connectivity index (χ1n) is 9.38. The Morgan fingerprint density at radius 2 is 1.57 bits per heavy atom. The number of nitrogens with zero attached hydrogens (tertiary/aromatic N) is 2. The summed E-state index contributed by atoms with van der Waals surface area (Å²) >= 11 is 0. The van der Waals surface area contributed by atoms with Crippen molar-refractivity contribution in [3.05, 3.63) is 59.4 Å². The predicted molar refractivity (Wildman–Crippen MR) is 102 cm³/mol. The molecule has 6 nitrogen and oxygen atoms in total. The Bertz CT molecular complexity index is 938. The van der Waals surface area contributed by atoms with E-state index in [9.17, 15) is 22.8 Å². The average Bonchev–Trinajstić information content (AvgIpc) is 3.02. The van der Waals surface area contributed by atoms with Crippen molar-refractivity contribution < 1.29 is 32.2 Å². The summed E-state index contributed by atoms with van der Waals surface area (Å²) in [6.45, 7) is 0.793. The van der Waals surface area contributed by atoms with Crippen molar-refractivity contribution >= 4 is 11.8 Å². The Balaban J connectivity index is 1.60. The van der Waals surface area contributed by atoms with Crippen molar-refractivity contribution in [3.63, 3.8) is 0 Å². The van der Waals surface area contributed by atoms with E-state index in [2.05, 4.69) is 0 Å². The Hall–Kier alpha value is -3.23. The molecule has 1 saturated heterocycles. The Kier molecular flexibility index (Phi) is 6.81. The van der Waals surface area contributed by atoms with Crippen LogP contribution in [-0.4, -0.2) is 61.5 Å². The van der Waals surface area contributed by atoms with E-state index in [0.29, 0.717) is 30.5 Å². The van der Waals surface area contributed by atoms with E-state index in [1.807, 2.05) is 0 Å². The molecule has 9 heteroatoms. The molecule has 0 radical (unpaired) electrons. The maximum atomic E-state index is 13.9. The fourth-order valence-electron chi connectivity index (χ4n) is 3.20. The molecule has 1 aliphatic heterocycles. The highest BCUT2D eigenvalue weighted by atomic mass is 19.2. The monoisotopic (exact) mass is 422 g/mol. The van der Waals surface area contributed by atoms with Gasteiger partial charge in [-0.2, -0.15) is 0 Å². The van der Waals surface area contributed by atoms with E-state index >= 15 is 0 Å². The van der Waals surface area contributed by atoms with Gasteiger partial charge in [-0.05, 0) is 30.7 Å². The van der Waals surface area contributed by atoms with Crippen LogP contribution in [-0.2, 0) is 4.79 Å². The topological polar surface area (TPSA) is 59.1 Å². The largest absolute Gasteiger partial charge is 0.493 e. The molecule has 2 aromatic rings. The number of hydrogen-bond acceptors (Lipinski definition) is 4. The number of carbonyl (C=O) groups excluding carboxylic acids is 2. The first-order valence-corrected chi connectivity index (χ1v) is 9.38. The zero-order valence-electron chi connectivity index (χ0n) is 16.4. The van der Waals surface area contributed by atoms with Gasteiger partial charge in [-0.3, -0.25) is 9.59 Å². The van der Waals surface area contributed by atoms with Crippen molar-refractivity contribution in [2.45, 2.75) is 6.42 Å². The van der Waals surface area contributed by atoms with Crippen LogP contribution in [0.4, 0.5) is 13.2 Å². The molecule has 0 aromatic heterocycles. The van der Waals surface area contributed by atoms with Crippen molar-refractivity contribution in [3.8, 4) is 11.5 Å². The van der Waals surface area contributed by atoms with E-state index < -0.39 is 28.9 Å². The molecule has 0 saturated carbocycles. The van der Waals surface area contributed by atoms with Crippen LogP contribution in [0, 0.1) is 17.5 Å². The van der Waals surface area contributed by atoms with Gasteiger partial charge in [0.25, 0.3) is 11.8 Å². The number of para-hydroxylation sites is 2. The molecule has 0 atom stereocenters. The number of halogens is 3. The van der Waals surface area contributed by atoms with Gasteiger partial charge in [0.2, 0.25) is 0 Å². The number of hydrogen-bond donors (Lipinski definition) is 0. The summed E-state index contributed by atoms with van der Waals surface area (Å²) < 4.78 is 51.2. The molecular weight excluding hydrogens is 401 g/mol. The highest BCUT2D eigenvalue weighted by Gasteiger charge is 2.26.